The van der Waals surface area contributed by atoms with E-state index >= 15 is 0 Å². The molecule has 5 rings (SSSR count). The molecule has 0 radical (unpaired) electrons. The van der Waals surface area contributed by atoms with Gasteiger partial charge in [0, 0.05) is 0 Å². The van der Waals surface area contributed by atoms with Crippen molar-refractivity contribution in [2.75, 3.05) is 13.2 Å². The number of hydrogen-bond donors (Lipinski definition) is 0. The Hall–Kier alpha value is -2.62. The average Bonchev–Trinajstić information content (AvgIpc) is 3.05. The predicted octanol–water partition coefficient (Wildman–Crippen LogP) is 9.74. The highest BCUT2D eigenvalue weighted by molar-refractivity contribution is 6.30. The Morgan fingerprint density at radius 1 is 0.548 bits per heavy atom. The first-order valence-electron chi connectivity index (χ1n) is 17.1. The summed E-state index contributed by atoms with van der Waals surface area (Å²) in [6.07, 6.45) is 16.2. The van der Waals surface area contributed by atoms with E-state index in [0.717, 1.165) is 88.9 Å². The molecule has 0 N–H and O–H groups in total. The van der Waals surface area contributed by atoms with Gasteiger partial charge in [0.25, 0.3) is 0 Å². The summed E-state index contributed by atoms with van der Waals surface area (Å²) in [7, 11) is 0. The van der Waals surface area contributed by atoms with Gasteiger partial charge in [-0.25, -0.2) is 0 Å². The van der Waals surface area contributed by atoms with Crippen molar-refractivity contribution < 1.29 is 19.1 Å². The number of ketones is 2. The van der Waals surface area contributed by atoms with Crippen LogP contribution in [0.1, 0.15) is 140 Å². The lowest BCUT2D eigenvalue weighted by atomic mass is 9.42. The molecule has 4 nitrogen and oxygen atoms in total. The van der Waals surface area contributed by atoms with Gasteiger partial charge in [0.15, 0.2) is 11.6 Å². The molecule has 2 spiro atoms. The largest absolute Gasteiger partial charge is 0.494 e. The van der Waals surface area contributed by atoms with Crippen molar-refractivity contribution in [3.63, 3.8) is 0 Å². The van der Waals surface area contributed by atoms with Crippen molar-refractivity contribution in [2.24, 2.45) is 10.8 Å². The molecular weight excluding hydrogens is 520 g/mol. The van der Waals surface area contributed by atoms with Gasteiger partial charge in [0.2, 0.25) is 0 Å². The zero-order valence-electron chi connectivity index (χ0n) is 26.1. The highest BCUT2D eigenvalue weighted by atomic mass is 16.5. The normalized spacial score (nSPS) is 27.3. The number of carbonyl (C=O) groups is 2. The number of rotatable bonds is 14. The third-order valence-electron chi connectivity index (χ3n) is 10.7. The van der Waals surface area contributed by atoms with E-state index in [1.54, 1.807) is 0 Å². The number of hydrogen-bond acceptors (Lipinski definition) is 4. The average molecular weight is 573 g/mol. The summed E-state index contributed by atoms with van der Waals surface area (Å²) in [6, 6.07) is 17.1. The number of benzene rings is 2. The van der Waals surface area contributed by atoms with Crippen LogP contribution in [-0.4, -0.2) is 24.8 Å². The van der Waals surface area contributed by atoms with Gasteiger partial charge in [-0.05, 0) is 111 Å². The predicted molar refractivity (Wildman–Crippen MR) is 169 cm³/mol. The molecular formula is C38H52O4. The lowest BCUT2D eigenvalue weighted by Crippen LogP contribution is -2.68. The van der Waals surface area contributed by atoms with Gasteiger partial charge in [-0.3, -0.25) is 9.59 Å². The fourth-order valence-electron chi connectivity index (χ4n) is 7.97. The molecule has 4 heteroatoms. The first-order chi connectivity index (χ1) is 20.5. The fraction of sp³-hybridized carbons (Fsp3) is 0.632. The minimum Gasteiger partial charge on any atom is -0.494 e. The molecule has 0 atom stereocenters. The second-order valence-corrected chi connectivity index (χ2v) is 13.3. The Bertz CT molecular complexity index is 1040. The molecule has 0 saturated heterocycles. The van der Waals surface area contributed by atoms with Gasteiger partial charge in [0.1, 0.15) is 11.5 Å². The monoisotopic (exact) mass is 572 g/mol. The third-order valence-corrected chi connectivity index (χ3v) is 10.7. The molecule has 0 aliphatic heterocycles. The fourth-order valence-corrected chi connectivity index (χ4v) is 7.97. The van der Waals surface area contributed by atoms with E-state index in [0.29, 0.717) is 11.8 Å². The van der Waals surface area contributed by atoms with Crippen LogP contribution in [0.2, 0.25) is 0 Å². The maximum Gasteiger partial charge on any atom is 0.159 e. The molecule has 228 valence electrons. The summed E-state index contributed by atoms with van der Waals surface area (Å²) < 4.78 is 11.8. The van der Waals surface area contributed by atoms with Gasteiger partial charge >= 0.3 is 0 Å². The zero-order valence-corrected chi connectivity index (χ0v) is 26.1. The van der Waals surface area contributed by atoms with Crippen molar-refractivity contribution in [2.45, 2.75) is 128 Å². The van der Waals surface area contributed by atoms with Crippen LogP contribution in [-0.2, 0) is 9.59 Å². The Morgan fingerprint density at radius 3 is 1.24 bits per heavy atom. The molecule has 2 aromatic carbocycles. The quantitative estimate of drug-likeness (QED) is 0.167. The summed E-state index contributed by atoms with van der Waals surface area (Å²) >= 11 is 0. The summed E-state index contributed by atoms with van der Waals surface area (Å²) in [4.78, 5) is 27.6. The third kappa shape index (κ3) is 6.48. The van der Waals surface area contributed by atoms with Gasteiger partial charge in [-0.1, -0.05) is 76.6 Å². The lowest BCUT2D eigenvalue weighted by molar-refractivity contribution is -0.177. The maximum absolute atomic E-state index is 13.8. The van der Waals surface area contributed by atoms with E-state index in [9.17, 15) is 9.59 Å². The van der Waals surface area contributed by atoms with Crippen LogP contribution in [0.15, 0.2) is 48.5 Å². The first kappa shape index (κ1) is 30.8. The number of ether oxygens (including phenoxy) is 2. The van der Waals surface area contributed by atoms with Crippen LogP contribution in [0.5, 0.6) is 11.5 Å². The van der Waals surface area contributed by atoms with Crippen LogP contribution < -0.4 is 9.47 Å². The molecule has 0 unspecified atom stereocenters. The van der Waals surface area contributed by atoms with Crippen LogP contribution in [0, 0.1) is 10.8 Å². The van der Waals surface area contributed by atoms with Crippen molar-refractivity contribution >= 4 is 11.6 Å². The smallest absolute Gasteiger partial charge is 0.159 e. The van der Waals surface area contributed by atoms with E-state index in [1.165, 1.54) is 49.7 Å². The minimum absolute atomic E-state index is 0.274. The van der Waals surface area contributed by atoms with Crippen LogP contribution in [0.25, 0.3) is 0 Å². The molecule has 0 bridgehead atoms. The topological polar surface area (TPSA) is 52.6 Å². The summed E-state index contributed by atoms with van der Waals surface area (Å²) in [5.41, 5.74) is 1.23. The van der Waals surface area contributed by atoms with E-state index in [1.807, 2.05) is 0 Å². The van der Waals surface area contributed by atoms with E-state index in [4.69, 9.17) is 9.47 Å². The number of unbranched alkanes of at least 4 members (excludes halogenated alkanes) is 6. The summed E-state index contributed by atoms with van der Waals surface area (Å²) in [6.45, 7) is 6.00. The molecule has 0 amide bonds. The molecule has 3 saturated carbocycles. The second-order valence-electron chi connectivity index (χ2n) is 13.3. The number of Topliss-reactive ketones (excluding diaryl/α,β-unsaturated/α-hetero) is 2. The molecule has 42 heavy (non-hydrogen) atoms. The Balaban J connectivity index is 1.08. The van der Waals surface area contributed by atoms with Crippen molar-refractivity contribution in [3.8, 4) is 11.5 Å². The molecule has 3 fully saturated rings. The van der Waals surface area contributed by atoms with Crippen molar-refractivity contribution in [1.82, 2.24) is 0 Å². The zero-order chi connectivity index (χ0) is 29.4. The van der Waals surface area contributed by atoms with Crippen LogP contribution in [0.3, 0.4) is 0 Å². The SMILES string of the molecule is CCCCCCOc1ccc(C2CCC3(CC2)C(=O)C2(CCC(c4ccc(OCCCCCC)cc4)CC2)C3=O)cc1. The van der Waals surface area contributed by atoms with Crippen molar-refractivity contribution in [1.29, 1.82) is 0 Å². The Kier molecular flexibility index (Phi) is 10.4. The lowest BCUT2D eigenvalue weighted by Gasteiger charge is -2.57. The number of carbonyl (C=O) groups excluding carboxylic acids is 2. The molecule has 3 aliphatic rings. The van der Waals surface area contributed by atoms with Crippen LogP contribution in [0.4, 0.5) is 0 Å². The molecule has 2 aromatic rings. The van der Waals surface area contributed by atoms with E-state index < -0.39 is 10.8 Å². The van der Waals surface area contributed by atoms with Gasteiger partial charge < -0.3 is 9.47 Å². The van der Waals surface area contributed by atoms with Crippen LogP contribution >= 0.6 is 0 Å². The summed E-state index contributed by atoms with van der Waals surface area (Å²) in [5.74, 6) is 3.26. The van der Waals surface area contributed by atoms with Crippen molar-refractivity contribution in [3.05, 3.63) is 59.7 Å². The second kappa shape index (κ2) is 14.2. The van der Waals surface area contributed by atoms with E-state index in [-0.39, 0.29) is 11.6 Å². The maximum atomic E-state index is 13.8. The Labute approximate surface area is 254 Å². The van der Waals surface area contributed by atoms with Gasteiger partial charge in [0.05, 0.1) is 24.0 Å². The minimum atomic E-state index is -0.693. The standard InChI is InChI=1S/C38H52O4/c1-3-5-7-9-27-41-33-15-11-29(12-16-33)31-19-23-37(24-20-31)35(39)38(36(37)40)25-21-32(22-26-38)30-13-17-34(18-14-30)42-28-10-8-6-4-2/h11-18,31-32H,3-10,19-28H2,1-2H3. The van der Waals surface area contributed by atoms with E-state index in [2.05, 4.69) is 62.4 Å². The van der Waals surface area contributed by atoms with Gasteiger partial charge in [-0.2, -0.15) is 0 Å². The highest BCUT2D eigenvalue weighted by Crippen LogP contribution is 2.62. The summed E-state index contributed by atoms with van der Waals surface area (Å²) in [5, 5.41) is 0. The highest BCUT2D eigenvalue weighted by Gasteiger charge is 2.70. The van der Waals surface area contributed by atoms with Gasteiger partial charge in [-0.15, -0.1) is 0 Å². The Morgan fingerprint density at radius 2 is 0.905 bits per heavy atom. The first-order valence-corrected chi connectivity index (χ1v) is 17.1. The molecule has 0 aromatic heterocycles. The molecule has 0 heterocycles. The molecule has 3 aliphatic carbocycles.